The molecule has 110 valence electrons. The van der Waals surface area contributed by atoms with Gasteiger partial charge in [0.2, 0.25) is 0 Å². The van der Waals surface area contributed by atoms with Crippen molar-refractivity contribution in [3.8, 4) is 0 Å². The normalized spacial score (nSPS) is 21.6. The number of imide groups is 1. The molecule has 1 spiro atoms. The van der Waals surface area contributed by atoms with Gasteiger partial charge in [0.25, 0.3) is 11.8 Å². The van der Waals surface area contributed by atoms with Crippen LogP contribution in [-0.4, -0.2) is 35.0 Å². The lowest BCUT2D eigenvalue weighted by molar-refractivity contribution is -0.145. The Kier molecular flexibility index (Phi) is 3.62. The van der Waals surface area contributed by atoms with E-state index in [4.69, 9.17) is 0 Å². The number of benzene rings is 1. The van der Waals surface area contributed by atoms with Crippen LogP contribution in [0.1, 0.15) is 37.7 Å². The molecule has 4 nitrogen and oxygen atoms in total. The zero-order valence-corrected chi connectivity index (χ0v) is 12.3. The molecule has 2 aliphatic rings. The van der Waals surface area contributed by atoms with Crippen LogP contribution >= 0.6 is 0 Å². The van der Waals surface area contributed by atoms with E-state index in [1.807, 2.05) is 30.3 Å². The van der Waals surface area contributed by atoms with Crippen LogP contribution in [0.5, 0.6) is 0 Å². The van der Waals surface area contributed by atoms with Crippen LogP contribution in [0.4, 0.5) is 0 Å². The van der Waals surface area contributed by atoms with Gasteiger partial charge in [-0.2, -0.15) is 0 Å². The molecule has 0 unspecified atom stereocenters. The lowest BCUT2D eigenvalue weighted by Gasteiger charge is -2.39. The van der Waals surface area contributed by atoms with E-state index in [1.165, 1.54) is 4.90 Å². The Morgan fingerprint density at radius 1 is 1.10 bits per heavy atom. The van der Waals surface area contributed by atoms with Crippen molar-refractivity contribution in [2.75, 3.05) is 7.05 Å². The number of hydrogen-bond donors (Lipinski definition) is 0. The van der Waals surface area contributed by atoms with E-state index in [0.29, 0.717) is 12.1 Å². The van der Waals surface area contributed by atoms with Gasteiger partial charge < -0.3 is 0 Å². The van der Waals surface area contributed by atoms with Gasteiger partial charge in [0, 0.05) is 13.5 Å². The van der Waals surface area contributed by atoms with E-state index in [9.17, 15) is 9.59 Å². The summed E-state index contributed by atoms with van der Waals surface area (Å²) in [5.74, 6) is -0.371. The first-order valence-electron chi connectivity index (χ1n) is 7.57. The average Bonchev–Trinajstić information content (AvgIpc) is 2.53. The van der Waals surface area contributed by atoms with Crippen molar-refractivity contribution in [2.24, 2.45) is 4.99 Å². The summed E-state index contributed by atoms with van der Waals surface area (Å²) in [6.07, 6.45) is 5.20. The van der Waals surface area contributed by atoms with Crippen LogP contribution in [0.15, 0.2) is 35.3 Å². The Balaban J connectivity index is 1.95. The summed E-state index contributed by atoms with van der Waals surface area (Å²) >= 11 is 0. The Labute approximate surface area is 124 Å². The maximum atomic E-state index is 12.5. The molecule has 1 saturated carbocycles. The number of likely N-dealkylation sites (N-methyl/N-ethyl adjacent to an activating group) is 1. The van der Waals surface area contributed by atoms with Gasteiger partial charge in [-0.05, 0) is 18.4 Å². The Morgan fingerprint density at radius 3 is 2.43 bits per heavy atom. The molecular weight excluding hydrogens is 264 g/mol. The molecule has 0 saturated heterocycles. The quantitative estimate of drug-likeness (QED) is 0.783. The minimum Gasteiger partial charge on any atom is -0.278 e. The number of hydrogen-bond acceptors (Lipinski definition) is 3. The largest absolute Gasteiger partial charge is 0.278 e. The van der Waals surface area contributed by atoms with E-state index in [0.717, 1.165) is 37.7 Å². The summed E-state index contributed by atoms with van der Waals surface area (Å²) in [5, 5.41) is 0. The number of amides is 2. The molecular formula is C17H20N2O2. The number of rotatable bonds is 2. The second-order valence-corrected chi connectivity index (χ2v) is 5.98. The van der Waals surface area contributed by atoms with Crippen molar-refractivity contribution < 1.29 is 9.59 Å². The molecule has 1 aliphatic carbocycles. The van der Waals surface area contributed by atoms with E-state index in [2.05, 4.69) is 4.99 Å². The Hall–Kier alpha value is -1.97. The molecule has 4 heteroatoms. The SMILES string of the molecule is CN1C(=O)C(Cc2ccccc2)=NC2(CCCCC2)C1=O. The van der Waals surface area contributed by atoms with Gasteiger partial charge in [0.05, 0.1) is 0 Å². The van der Waals surface area contributed by atoms with E-state index in [1.54, 1.807) is 7.05 Å². The van der Waals surface area contributed by atoms with Crippen LogP contribution < -0.4 is 0 Å². The van der Waals surface area contributed by atoms with Crippen molar-refractivity contribution in [3.63, 3.8) is 0 Å². The second-order valence-electron chi connectivity index (χ2n) is 5.98. The molecule has 1 aromatic rings. The Morgan fingerprint density at radius 2 is 1.76 bits per heavy atom. The monoisotopic (exact) mass is 284 g/mol. The fourth-order valence-electron chi connectivity index (χ4n) is 3.32. The number of carbonyl (C=O) groups is 2. The fourth-order valence-corrected chi connectivity index (χ4v) is 3.32. The van der Waals surface area contributed by atoms with E-state index >= 15 is 0 Å². The van der Waals surface area contributed by atoms with Crippen molar-refractivity contribution >= 4 is 17.5 Å². The first kappa shape index (κ1) is 14.0. The molecule has 2 amide bonds. The summed E-state index contributed by atoms with van der Waals surface area (Å²) in [5.41, 5.74) is 0.897. The molecule has 1 fully saturated rings. The number of aliphatic imine (C=N–C) groups is 1. The predicted octanol–water partition coefficient (Wildman–Crippen LogP) is 2.37. The molecule has 1 aliphatic heterocycles. The topological polar surface area (TPSA) is 49.7 Å². The van der Waals surface area contributed by atoms with Crippen LogP contribution in [0, 0.1) is 0 Å². The minimum absolute atomic E-state index is 0.121. The van der Waals surface area contributed by atoms with Gasteiger partial charge in [-0.25, -0.2) is 0 Å². The molecule has 0 bridgehead atoms. The first-order valence-corrected chi connectivity index (χ1v) is 7.57. The summed E-state index contributed by atoms with van der Waals surface area (Å²) < 4.78 is 0. The maximum Gasteiger partial charge on any atom is 0.274 e. The van der Waals surface area contributed by atoms with Crippen molar-refractivity contribution in [1.29, 1.82) is 0 Å². The third-order valence-electron chi connectivity index (χ3n) is 4.50. The zero-order valence-electron chi connectivity index (χ0n) is 12.3. The lowest BCUT2D eigenvalue weighted by Crippen LogP contribution is -2.56. The molecule has 0 aromatic heterocycles. The highest BCUT2D eigenvalue weighted by molar-refractivity contribution is 6.43. The molecule has 1 aromatic carbocycles. The van der Waals surface area contributed by atoms with Crippen LogP contribution in [0.3, 0.4) is 0 Å². The fraction of sp³-hybridized carbons (Fsp3) is 0.471. The average molecular weight is 284 g/mol. The molecule has 0 radical (unpaired) electrons. The summed E-state index contributed by atoms with van der Waals surface area (Å²) in [6, 6.07) is 9.83. The van der Waals surface area contributed by atoms with Gasteiger partial charge >= 0.3 is 0 Å². The molecule has 0 N–H and O–H groups in total. The number of nitrogens with zero attached hydrogens (tertiary/aromatic N) is 2. The van der Waals surface area contributed by atoms with Gasteiger partial charge in [-0.1, -0.05) is 49.6 Å². The van der Waals surface area contributed by atoms with Gasteiger partial charge in [-0.3, -0.25) is 19.5 Å². The highest BCUT2D eigenvalue weighted by Gasteiger charge is 2.47. The smallest absolute Gasteiger partial charge is 0.274 e. The van der Waals surface area contributed by atoms with Crippen molar-refractivity contribution in [2.45, 2.75) is 44.1 Å². The third kappa shape index (κ3) is 2.50. The zero-order chi connectivity index (χ0) is 14.9. The number of carbonyl (C=O) groups excluding carboxylic acids is 2. The molecule has 21 heavy (non-hydrogen) atoms. The van der Waals surface area contributed by atoms with Crippen molar-refractivity contribution in [3.05, 3.63) is 35.9 Å². The lowest BCUT2D eigenvalue weighted by atomic mass is 9.79. The Bertz CT molecular complexity index is 586. The van der Waals surface area contributed by atoms with Crippen LogP contribution in [-0.2, 0) is 16.0 Å². The summed E-state index contributed by atoms with van der Waals surface area (Å²) in [4.78, 5) is 30.8. The summed E-state index contributed by atoms with van der Waals surface area (Å²) in [6.45, 7) is 0. The third-order valence-corrected chi connectivity index (χ3v) is 4.50. The highest BCUT2D eigenvalue weighted by Crippen LogP contribution is 2.35. The van der Waals surface area contributed by atoms with E-state index < -0.39 is 5.54 Å². The van der Waals surface area contributed by atoms with Gasteiger partial charge in [0.1, 0.15) is 11.3 Å². The maximum absolute atomic E-state index is 12.5. The summed E-state index contributed by atoms with van der Waals surface area (Å²) in [7, 11) is 1.58. The minimum atomic E-state index is -0.676. The van der Waals surface area contributed by atoms with Crippen LogP contribution in [0.25, 0.3) is 0 Å². The highest BCUT2D eigenvalue weighted by atomic mass is 16.2. The van der Waals surface area contributed by atoms with Gasteiger partial charge in [-0.15, -0.1) is 0 Å². The van der Waals surface area contributed by atoms with Crippen LogP contribution in [0.2, 0.25) is 0 Å². The van der Waals surface area contributed by atoms with Crippen molar-refractivity contribution in [1.82, 2.24) is 4.90 Å². The molecule has 0 atom stereocenters. The standard InChI is InChI=1S/C17H20N2O2/c1-19-15(20)14(12-13-8-4-2-5-9-13)18-17(16(19)21)10-6-3-7-11-17/h2,4-5,8-9H,3,6-7,10-12H2,1H3. The van der Waals surface area contributed by atoms with E-state index in [-0.39, 0.29) is 11.8 Å². The van der Waals surface area contributed by atoms with Gasteiger partial charge in [0.15, 0.2) is 0 Å². The first-order chi connectivity index (χ1) is 10.1. The predicted molar refractivity (Wildman–Crippen MR) is 81.2 cm³/mol. The molecule has 1 heterocycles. The second kappa shape index (κ2) is 5.43. The molecule has 3 rings (SSSR count).